The van der Waals surface area contributed by atoms with E-state index in [-0.39, 0.29) is 5.75 Å². The Kier molecular flexibility index (Phi) is 4.50. The molecule has 0 bridgehead atoms. The second-order valence-corrected chi connectivity index (χ2v) is 7.22. The fourth-order valence-electron chi connectivity index (χ4n) is 3.63. The summed E-state index contributed by atoms with van der Waals surface area (Å²) in [4.78, 5) is 7.01. The summed E-state index contributed by atoms with van der Waals surface area (Å²) in [5.41, 5.74) is 2.10. The van der Waals surface area contributed by atoms with Crippen LogP contribution in [0.15, 0.2) is 54.6 Å². The zero-order valence-electron chi connectivity index (χ0n) is 14.0. The SMILES string of the molecule is [O]c1ccc2ccc(N3CCC(Cc4cccc(Cl)c4)CC3)nc2c1. The highest BCUT2D eigenvalue weighted by Crippen LogP contribution is 2.27. The molecule has 3 aromatic rings. The minimum Gasteiger partial charge on any atom is -0.357 e. The second kappa shape index (κ2) is 6.93. The highest BCUT2D eigenvalue weighted by atomic mass is 35.5. The maximum absolute atomic E-state index is 11.5. The van der Waals surface area contributed by atoms with E-state index in [1.807, 2.05) is 18.2 Å². The first-order valence-corrected chi connectivity index (χ1v) is 9.12. The van der Waals surface area contributed by atoms with Crippen LogP contribution < -0.4 is 4.90 Å². The largest absolute Gasteiger partial charge is 0.357 e. The molecule has 4 heteroatoms. The molecule has 0 amide bonds. The lowest BCUT2D eigenvalue weighted by atomic mass is 9.90. The van der Waals surface area contributed by atoms with Gasteiger partial charge in [-0.05, 0) is 67.1 Å². The summed E-state index contributed by atoms with van der Waals surface area (Å²) < 4.78 is 0. The normalized spacial score (nSPS) is 15.6. The average molecular weight is 352 g/mol. The van der Waals surface area contributed by atoms with Gasteiger partial charge in [-0.15, -0.1) is 0 Å². The van der Waals surface area contributed by atoms with E-state index in [0.29, 0.717) is 5.92 Å². The van der Waals surface area contributed by atoms with Gasteiger partial charge in [-0.3, -0.25) is 5.11 Å². The van der Waals surface area contributed by atoms with Crippen LogP contribution in [0.4, 0.5) is 5.82 Å². The van der Waals surface area contributed by atoms with Crippen molar-refractivity contribution in [3.63, 3.8) is 0 Å². The molecule has 0 aliphatic carbocycles. The molecule has 3 nitrogen and oxygen atoms in total. The minimum atomic E-state index is 0.0115. The van der Waals surface area contributed by atoms with Crippen LogP contribution in [0.5, 0.6) is 5.75 Å². The molecular weight excluding hydrogens is 332 g/mol. The van der Waals surface area contributed by atoms with Crippen molar-refractivity contribution in [2.45, 2.75) is 19.3 Å². The Morgan fingerprint density at radius 3 is 2.64 bits per heavy atom. The third-order valence-electron chi connectivity index (χ3n) is 5.00. The Morgan fingerprint density at radius 1 is 1.04 bits per heavy atom. The molecule has 4 rings (SSSR count). The number of pyridine rings is 1. The summed E-state index contributed by atoms with van der Waals surface area (Å²) in [5, 5.41) is 13.4. The molecule has 2 aromatic carbocycles. The van der Waals surface area contributed by atoms with Gasteiger partial charge in [0, 0.05) is 29.6 Å². The molecule has 0 N–H and O–H groups in total. The first kappa shape index (κ1) is 16.2. The fraction of sp³-hybridized carbons (Fsp3) is 0.286. The molecule has 2 heterocycles. The van der Waals surface area contributed by atoms with Gasteiger partial charge >= 0.3 is 0 Å². The lowest BCUT2D eigenvalue weighted by Crippen LogP contribution is -2.34. The predicted molar refractivity (Wildman–Crippen MR) is 102 cm³/mol. The molecule has 1 radical (unpaired) electrons. The van der Waals surface area contributed by atoms with E-state index >= 15 is 0 Å². The third-order valence-corrected chi connectivity index (χ3v) is 5.24. The smallest absolute Gasteiger partial charge is 0.180 e. The number of hydrogen-bond acceptors (Lipinski definition) is 2. The van der Waals surface area contributed by atoms with Crippen LogP contribution in [0.1, 0.15) is 18.4 Å². The number of fused-ring (bicyclic) bond motifs is 1. The highest BCUT2D eigenvalue weighted by molar-refractivity contribution is 6.30. The Morgan fingerprint density at radius 2 is 1.84 bits per heavy atom. The van der Waals surface area contributed by atoms with Gasteiger partial charge in [0.15, 0.2) is 5.75 Å². The van der Waals surface area contributed by atoms with Crippen molar-refractivity contribution in [3.8, 4) is 5.75 Å². The van der Waals surface area contributed by atoms with Gasteiger partial charge in [0.25, 0.3) is 0 Å². The molecule has 127 valence electrons. The van der Waals surface area contributed by atoms with Crippen molar-refractivity contribution in [3.05, 3.63) is 65.2 Å². The summed E-state index contributed by atoms with van der Waals surface area (Å²) in [7, 11) is 0. The highest BCUT2D eigenvalue weighted by Gasteiger charge is 2.20. The van der Waals surface area contributed by atoms with Gasteiger partial charge in [0.05, 0.1) is 5.52 Å². The number of benzene rings is 2. The van der Waals surface area contributed by atoms with Crippen LogP contribution >= 0.6 is 11.6 Å². The molecule has 1 aliphatic heterocycles. The van der Waals surface area contributed by atoms with Crippen molar-refractivity contribution < 1.29 is 5.11 Å². The minimum absolute atomic E-state index is 0.0115. The van der Waals surface area contributed by atoms with E-state index < -0.39 is 0 Å². The number of halogens is 1. The van der Waals surface area contributed by atoms with Crippen LogP contribution in [0.3, 0.4) is 0 Å². The lowest BCUT2D eigenvalue weighted by molar-refractivity contribution is 0.355. The maximum Gasteiger partial charge on any atom is 0.180 e. The maximum atomic E-state index is 11.5. The average Bonchev–Trinajstić information content (AvgIpc) is 2.62. The monoisotopic (exact) mass is 351 g/mol. The Balaban J connectivity index is 1.43. The lowest BCUT2D eigenvalue weighted by Gasteiger charge is -2.33. The second-order valence-electron chi connectivity index (χ2n) is 6.79. The quantitative estimate of drug-likeness (QED) is 0.625. The van der Waals surface area contributed by atoms with Crippen molar-refractivity contribution in [1.82, 2.24) is 4.98 Å². The molecule has 1 saturated heterocycles. The number of rotatable bonds is 3. The van der Waals surface area contributed by atoms with E-state index in [4.69, 9.17) is 11.6 Å². The van der Waals surface area contributed by atoms with E-state index in [0.717, 1.165) is 54.1 Å². The zero-order valence-corrected chi connectivity index (χ0v) is 14.7. The molecule has 1 aliphatic rings. The van der Waals surface area contributed by atoms with Crippen molar-refractivity contribution in [1.29, 1.82) is 0 Å². The van der Waals surface area contributed by atoms with Gasteiger partial charge in [-0.25, -0.2) is 4.98 Å². The van der Waals surface area contributed by atoms with E-state index in [1.165, 1.54) is 5.56 Å². The van der Waals surface area contributed by atoms with E-state index in [9.17, 15) is 5.11 Å². The van der Waals surface area contributed by atoms with Gasteiger partial charge in [-0.2, -0.15) is 0 Å². The van der Waals surface area contributed by atoms with Crippen molar-refractivity contribution >= 4 is 28.3 Å². The summed E-state index contributed by atoms with van der Waals surface area (Å²) in [6.07, 6.45) is 3.38. The first-order valence-electron chi connectivity index (χ1n) is 8.74. The zero-order chi connectivity index (χ0) is 17.2. The summed E-state index contributed by atoms with van der Waals surface area (Å²) >= 11 is 6.09. The number of nitrogens with zero attached hydrogens (tertiary/aromatic N) is 2. The molecular formula is C21H20ClN2O. The number of anilines is 1. The van der Waals surface area contributed by atoms with Crippen molar-refractivity contribution in [2.75, 3.05) is 18.0 Å². The molecule has 0 saturated carbocycles. The molecule has 0 unspecified atom stereocenters. The third kappa shape index (κ3) is 3.72. The van der Waals surface area contributed by atoms with Gasteiger partial charge < -0.3 is 4.90 Å². The van der Waals surface area contributed by atoms with Gasteiger partial charge in [0.1, 0.15) is 5.82 Å². The molecule has 0 atom stereocenters. The number of aromatic nitrogens is 1. The Hall–Kier alpha value is -2.26. The fourth-order valence-corrected chi connectivity index (χ4v) is 3.84. The summed E-state index contributed by atoms with van der Waals surface area (Å²) in [6.45, 7) is 2.00. The van der Waals surface area contributed by atoms with Gasteiger partial charge in [0.2, 0.25) is 0 Å². The number of hydrogen-bond donors (Lipinski definition) is 0. The predicted octanol–water partition coefficient (Wildman–Crippen LogP) is 5.49. The van der Waals surface area contributed by atoms with E-state index in [1.54, 1.807) is 12.1 Å². The topological polar surface area (TPSA) is 36.0 Å². The number of piperidine rings is 1. The Labute approximate surface area is 152 Å². The Bertz CT molecular complexity index is 888. The molecule has 1 aromatic heterocycles. The molecule has 0 spiro atoms. The van der Waals surface area contributed by atoms with Crippen LogP contribution in [0.25, 0.3) is 10.9 Å². The standard InChI is InChI=1S/C21H20ClN2O/c22-18-3-1-2-16(13-18)12-15-8-10-24(11-9-15)21-7-5-17-4-6-19(25)14-20(17)23-21/h1-7,13-15H,8-12H2. The van der Waals surface area contributed by atoms with Crippen LogP contribution in [-0.4, -0.2) is 18.1 Å². The molecule has 25 heavy (non-hydrogen) atoms. The summed E-state index contributed by atoms with van der Waals surface area (Å²) in [6, 6.07) is 17.3. The summed E-state index contributed by atoms with van der Waals surface area (Å²) in [5.74, 6) is 1.67. The molecule has 1 fully saturated rings. The van der Waals surface area contributed by atoms with E-state index in [2.05, 4.69) is 34.1 Å². The van der Waals surface area contributed by atoms with Crippen LogP contribution in [-0.2, 0) is 11.5 Å². The van der Waals surface area contributed by atoms with Crippen LogP contribution in [0, 0.1) is 5.92 Å². The van der Waals surface area contributed by atoms with Crippen molar-refractivity contribution in [2.24, 2.45) is 5.92 Å². The van der Waals surface area contributed by atoms with Gasteiger partial charge in [-0.1, -0.05) is 23.7 Å². The first-order chi connectivity index (χ1) is 12.2. The van der Waals surface area contributed by atoms with Crippen LogP contribution in [0.2, 0.25) is 5.02 Å².